The summed E-state index contributed by atoms with van der Waals surface area (Å²) in [4.78, 5) is 0. The molecule has 0 aromatic rings. The Kier molecular flexibility index (Phi) is 11.3. The van der Waals surface area contributed by atoms with Gasteiger partial charge in [0, 0.05) is 0 Å². The Labute approximate surface area is 113 Å². The molecule has 0 rings (SSSR count). The third-order valence-electron chi connectivity index (χ3n) is 2.67. The van der Waals surface area contributed by atoms with Crippen LogP contribution in [0.2, 0.25) is 0 Å². The molecule has 100 valence electrons. The maximum atomic E-state index is 2.28. The van der Waals surface area contributed by atoms with Gasteiger partial charge in [0.05, 0.1) is 0 Å². The lowest BCUT2D eigenvalue weighted by Crippen LogP contribution is -1.86. The molecule has 0 bridgehead atoms. The van der Waals surface area contributed by atoms with Crippen LogP contribution < -0.4 is 0 Å². The van der Waals surface area contributed by atoms with Crippen molar-refractivity contribution in [2.75, 3.05) is 0 Å². The van der Waals surface area contributed by atoms with Crippen LogP contribution in [0, 0.1) is 0 Å². The fraction of sp³-hybridized carbons (Fsp3) is 0.444. The zero-order chi connectivity index (χ0) is 13.6. The van der Waals surface area contributed by atoms with Crippen molar-refractivity contribution in [3.8, 4) is 0 Å². The predicted molar refractivity (Wildman–Crippen MR) is 84.8 cm³/mol. The van der Waals surface area contributed by atoms with E-state index >= 15 is 0 Å². The second-order valence-corrected chi connectivity index (χ2v) is 4.22. The highest BCUT2D eigenvalue weighted by molar-refractivity contribution is 5.36. The van der Waals surface area contributed by atoms with Gasteiger partial charge in [0.25, 0.3) is 0 Å². The van der Waals surface area contributed by atoms with E-state index in [9.17, 15) is 0 Å². The highest BCUT2D eigenvalue weighted by Gasteiger charge is 1.98. The molecule has 0 aliphatic carbocycles. The Morgan fingerprint density at radius 1 is 0.667 bits per heavy atom. The molecule has 0 saturated carbocycles. The summed E-state index contributed by atoms with van der Waals surface area (Å²) < 4.78 is 0. The molecule has 0 heteroatoms. The lowest BCUT2D eigenvalue weighted by Gasteiger charge is -2.06. The summed E-state index contributed by atoms with van der Waals surface area (Å²) in [5.41, 5.74) is 2.86. The minimum Gasteiger partial charge on any atom is -0.0913 e. The third-order valence-corrected chi connectivity index (χ3v) is 2.67. The van der Waals surface area contributed by atoms with Gasteiger partial charge in [0.2, 0.25) is 0 Å². The van der Waals surface area contributed by atoms with Crippen LogP contribution in [0.15, 0.2) is 59.8 Å². The average molecular weight is 244 g/mol. The monoisotopic (exact) mass is 244 g/mol. The number of rotatable bonds is 8. The Bertz CT molecular complexity index is 301. The molecule has 0 aliphatic heterocycles. The summed E-state index contributed by atoms with van der Waals surface area (Å²) in [7, 11) is 0. The Morgan fingerprint density at radius 2 is 1.06 bits per heavy atom. The quantitative estimate of drug-likeness (QED) is 0.355. The van der Waals surface area contributed by atoms with Gasteiger partial charge in [-0.05, 0) is 50.7 Å². The van der Waals surface area contributed by atoms with Crippen molar-refractivity contribution in [1.29, 1.82) is 0 Å². The zero-order valence-electron chi connectivity index (χ0n) is 12.4. The fourth-order valence-corrected chi connectivity index (χ4v) is 1.62. The number of hydrogen-bond acceptors (Lipinski definition) is 0. The Balaban J connectivity index is 5.19. The van der Waals surface area contributed by atoms with E-state index in [2.05, 4.69) is 76.3 Å². The molecule has 0 fully saturated rings. The molecule has 0 saturated heterocycles. The minimum atomic E-state index is 1.02. The van der Waals surface area contributed by atoms with Crippen LogP contribution in [-0.2, 0) is 0 Å². The molecule has 0 amide bonds. The molecule has 0 atom stereocenters. The molecule has 0 spiro atoms. The second-order valence-electron chi connectivity index (χ2n) is 4.22. The summed E-state index contributed by atoms with van der Waals surface area (Å²) in [6, 6.07) is 0. The molecule has 18 heavy (non-hydrogen) atoms. The van der Waals surface area contributed by atoms with Crippen LogP contribution in [0.3, 0.4) is 0 Å². The molecule has 0 aromatic carbocycles. The summed E-state index contributed by atoms with van der Waals surface area (Å²) in [6.07, 6.45) is 22.0. The van der Waals surface area contributed by atoms with E-state index in [1.807, 2.05) is 0 Å². The predicted octanol–water partition coefficient (Wildman–Crippen LogP) is 6.15. The van der Waals surface area contributed by atoms with Gasteiger partial charge in [0.15, 0.2) is 0 Å². The standard InChI is InChI=1S/C18H28/c1-5-9-13-17(14-10-6-2)18(15-11-7-3)16-12-8-4/h5,7,9-12,14,16H,6,8,13,15H2,1-4H3. The molecular formula is C18H28. The van der Waals surface area contributed by atoms with E-state index < -0.39 is 0 Å². The van der Waals surface area contributed by atoms with Gasteiger partial charge < -0.3 is 0 Å². The molecule has 0 radical (unpaired) electrons. The largest absolute Gasteiger partial charge is 0.0913 e. The fourth-order valence-electron chi connectivity index (χ4n) is 1.62. The van der Waals surface area contributed by atoms with Crippen molar-refractivity contribution in [1.82, 2.24) is 0 Å². The van der Waals surface area contributed by atoms with E-state index in [-0.39, 0.29) is 0 Å². The third kappa shape index (κ3) is 7.89. The van der Waals surface area contributed by atoms with Gasteiger partial charge in [-0.2, -0.15) is 0 Å². The topological polar surface area (TPSA) is 0 Å². The average Bonchev–Trinajstić information content (AvgIpc) is 2.40. The first-order valence-corrected chi connectivity index (χ1v) is 7.07. The van der Waals surface area contributed by atoms with Crippen molar-refractivity contribution in [2.24, 2.45) is 0 Å². The van der Waals surface area contributed by atoms with E-state index in [4.69, 9.17) is 0 Å². The van der Waals surface area contributed by atoms with E-state index in [1.165, 1.54) is 11.1 Å². The lowest BCUT2D eigenvalue weighted by atomic mass is 10.00. The maximum absolute atomic E-state index is 2.28. The maximum Gasteiger partial charge on any atom is -0.00948 e. The highest BCUT2D eigenvalue weighted by Crippen LogP contribution is 2.18. The molecule has 0 aliphatic rings. The molecule has 0 unspecified atom stereocenters. The van der Waals surface area contributed by atoms with Crippen molar-refractivity contribution in [3.05, 3.63) is 59.8 Å². The van der Waals surface area contributed by atoms with Crippen LogP contribution in [-0.4, -0.2) is 0 Å². The first-order valence-electron chi connectivity index (χ1n) is 7.07. The number of hydrogen-bond donors (Lipinski definition) is 0. The van der Waals surface area contributed by atoms with Crippen molar-refractivity contribution in [2.45, 2.75) is 53.4 Å². The normalized spacial score (nSPS) is 14.4. The zero-order valence-corrected chi connectivity index (χ0v) is 12.4. The summed E-state index contributed by atoms with van der Waals surface area (Å²) in [5.74, 6) is 0. The van der Waals surface area contributed by atoms with Gasteiger partial charge in [-0.15, -0.1) is 0 Å². The van der Waals surface area contributed by atoms with Gasteiger partial charge >= 0.3 is 0 Å². The van der Waals surface area contributed by atoms with Gasteiger partial charge in [-0.25, -0.2) is 0 Å². The van der Waals surface area contributed by atoms with Crippen molar-refractivity contribution < 1.29 is 0 Å². The molecule has 0 nitrogen and oxygen atoms in total. The van der Waals surface area contributed by atoms with E-state index in [1.54, 1.807) is 0 Å². The van der Waals surface area contributed by atoms with Crippen LogP contribution in [0.25, 0.3) is 0 Å². The van der Waals surface area contributed by atoms with E-state index in [0.29, 0.717) is 0 Å². The highest BCUT2D eigenvalue weighted by atomic mass is 14.0. The van der Waals surface area contributed by atoms with Crippen LogP contribution in [0.1, 0.15) is 53.4 Å². The first kappa shape index (κ1) is 16.7. The Hall–Kier alpha value is -1.30. The minimum absolute atomic E-state index is 1.02. The van der Waals surface area contributed by atoms with E-state index in [0.717, 1.165) is 25.7 Å². The van der Waals surface area contributed by atoms with Gasteiger partial charge in [0.1, 0.15) is 0 Å². The van der Waals surface area contributed by atoms with Crippen LogP contribution >= 0.6 is 0 Å². The van der Waals surface area contributed by atoms with Gasteiger partial charge in [-0.1, -0.05) is 62.5 Å². The summed E-state index contributed by atoms with van der Waals surface area (Å²) in [6.45, 7) is 8.51. The molecule has 0 heterocycles. The molecule has 0 N–H and O–H groups in total. The molecule has 0 aromatic heterocycles. The van der Waals surface area contributed by atoms with Crippen molar-refractivity contribution >= 4 is 0 Å². The summed E-state index contributed by atoms with van der Waals surface area (Å²) >= 11 is 0. The van der Waals surface area contributed by atoms with Crippen LogP contribution in [0.5, 0.6) is 0 Å². The summed E-state index contributed by atoms with van der Waals surface area (Å²) in [5, 5.41) is 0. The van der Waals surface area contributed by atoms with Crippen molar-refractivity contribution in [3.63, 3.8) is 0 Å². The van der Waals surface area contributed by atoms with Gasteiger partial charge in [-0.3, -0.25) is 0 Å². The van der Waals surface area contributed by atoms with Crippen LogP contribution in [0.4, 0.5) is 0 Å². The first-order chi connectivity index (χ1) is 8.79. The smallest absolute Gasteiger partial charge is 0.00948 e. The number of allylic oxidation sites excluding steroid dienone is 10. The Morgan fingerprint density at radius 3 is 1.33 bits per heavy atom. The SMILES string of the molecule is CC=CCC(C=CCC)=C(C=CCC)CC=CC. The molecular weight excluding hydrogens is 216 g/mol. The lowest BCUT2D eigenvalue weighted by molar-refractivity contribution is 1.13. The second kappa shape index (κ2) is 12.2.